The van der Waals surface area contributed by atoms with Crippen molar-refractivity contribution in [2.45, 2.75) is 32.9 Å². The first-order valence-electron chi connectivity index (χ1n) is 3.62. The molecule has 0 aromatic heterocycles. The summed E-state index contributed by atoms with van der Waals surface area (Å²) in [5.41, 5.74) is 0. The summed E-state index contributed by atoms with van der Waals surface area (Å²) in [4.78, 5) is 21.5. The number of carbonyl (C=O) groups is 2. The van der Waals surface area contributed by atoms with Gasteiger partial charge in [-0.25, -0.2) is 0 Å². The Morgan fingerprint density at radius 1 is 1.18 bits per heavy atom. The van der Waals surface area contributed by atoms with Gasteiger partial charge in [0.05, 0.1) is 0 Å². The fourth-order valence-corrected chi connectivity index (χ4v) is 1.61. The predicted molar refractivity (Wildman–Crippen MR) is 47.6 cm³/mol. The van der Waals surface area contributed by atoms with Crippen molar-refractivity contribution in [2.24, 2.45) is 5.92 Å². The zero-order valence-corrected chi connectivity index (χ0v) is 8.20. The Balaban J connectivity index is 3.92. The van der Waals surface area contributed by atoms with Gasteiger partial charge in [0.15, 0.2) is 5.12 Å². The first-order valence-corrected chi connectivity index (χ1v) is 4.50. The maximum absolute atomic E-state index is 10.8. The van der Waals surface area contributed by atoms with Gasteiger partial charge in [-0.2, -0.15) is 0 Å². The van der Waals surface area contributed by atoms with Crippen molar-refractivity contribution >= 4 is 22.7 Å². The maximum atomic E-state index is 10.8. The molecule has 2 atom stereocenters. The largest absolute Gasteiger partial charge is 0.300 e. The van der Waals surface area contributed by atoms with Crippen LogP contribution in [0.4, 0.5) is 0 Å². The Morgan fingerprint density at radius 3 is 1.91 bits per heavy atom. The van der Waals surface area contributed by atoms with Crippen molar-refractivity contribution in [1.29, 1.82) is 0 Å². The summed E-state index contributed by atoms with van der Waals surface area (Å²) in [5, 5.41) is 0.176. The van der Waals surface area contributed by atoms with E-state index in [1.165, 1.54) is 18.7 Å². The molecule has 0 saturated heterocycles. The fraction of sp³-hybridized carbons (Fsp3) is 0.750. The van der Waals surface area contributed by atoms with Gasteiger partial charge in [-0.1, -0.05) is 25.6 Å². The zero-order valence-electron chi connectivity index (χ0n) is 7.38. The van der Waals surface area contributed by atoms with Crippen LogP contribution >= 0.6 is 11.8 Å². The summed E-state index contributed by atoms with van der Waals surface area (Å²) < 4.78 is 0. The second kappa shape index (κ2) is 4.54. The van der Waals surface area contributed by atoms with Gasteiger partial charge < -0.3 is 0 Å². The average Bonchev–Trinajstić information content (AvgIpc) is 1.84. The maximum Gasteiger partial charge on any atom is 0.186 e. The number of hydrogen-bond acceptors (Lipinski definition) is 3. The molecular weight excluding hydrogens is 160 g/mol. The summed E-state index contributed by atoms with van der Waals surface area (Å²) in [6.45, 7) is 6.83. The molecule has 64 valence electrons. The number of hydrogen-bond donors (Lipinski definition) is 0. The highest BCUT2D eigenvalue weighted by Gasteiger charge is 2.18. The molecule has 11 heavy (non-hydrogen) atoms. The number of rotatable bonds is 3. The number of carbonyl (C=O) groups excluding carboxylic acids is 2. The van der Waals surface area contributed by atoms with E-state index in [0.717, 1.165) is 0 Å². The van der Waals surface area contributed by atoms with Gasteiger partial charge in [0.2, 0.25) is 0 Å². The quantitative estimate of drug-likeness (QED) is 0.655. The minimum atomic E-state index is -0.0242. The summed E-state index contributed by atoms with van der Waals surface area (Å²) >= 11 is 1.23. The molecule has 0 N–H and O–H groups in total. The third-order valence-electron chi connectivity index (χ3n) is 1.70. The van der Waals surface area contributed by atoms with E-state index >= 15 is 0 Å². The van der Waals surface area contributed by atoms with E-state index in [9.17, 15) is 9.59 Å². The van der Waals surface area contributed by atoms with Crippen LogP contribution in [0.15, 0.2) is 0 Å². The normalized spacial score (nSPS) is 15.6. The van der Waals surface area contributed by atoms with Crippen molar-refractivity contribution in [3.8, 4) is 0 Å². The highest BCUT2D eigenvalue weighted by molar-refractivity contribution is 8.14. The minimum absolute atomic E-state index is 0.0242. The standard InChI is InChI=1S/C8H14O2S/c1-5(6(2)9)7(3)11-8(4)10/h5,7H,1-4H3. The first-order chi connectivity index (χ1) is 4.95. The summed E-state index contributed by atoms with van der Waals surface area (Å²) in [5.74, 6) is 0.121. The van der Waals surface area contributed by atoms with Gasteiger partial charge in [-0.15, -0.1) is 0 Å². The van der Waals surface area contributed by atoms with E-state index in [0.29, 0.717) is 0 Å². The molecule has 0 rings (SSSR count). The SMILES string of the molecule is CC(=O)SC(C)C(C)C(C)=O. The van der Waals surface area contributed by atoms with Crippen molar-refractivity contribution in [3.05, 3.63) is 0 Å². The molecule has 2 nitrogen and oxygen atoms in total. The zero-order chi connectivity index (χ0) is 9.02. The lowest BCUT2D eigenvalue weighted by Gasteiger charge is -2.14. The Kier molecular flexibility index (Phi) is 4.42. The summed E-state index contributed by atoms with van der Waals surface area (Å²) in [6.07, 6.45) is 0. The molecule has 0 bridgehead atoms. The van der Waals surface area contributed by atoms with E-state index in [2.05, 4.69) is 0 Å². The Morgan fingerprint density at radius 2 is 1.64 bits per heavy atom. The molecule has 0 aliphatic heterocycles. The highest BCUT2D eigenvalue weighted by atomic mass is 32.2. The molecule has 0 spiro atoms. The molecule has 0 aromatic carbocycles. The van der Waals surface area contributed by atoms with E-state index in [1.54, 1.807) is 6.92 Å². The highest BCUT2D eigenvalue weighted by Crippen LogP contribution is 2.20. The molecule has 0 aliphatic carbocycles. The third kappa shape index (κ3) is 4.19. The van der Waals surface area contributed by atoms with Gasteiger partial charge in [0, 0.05) is 18.1 Å². The second-order valence-corrected chi connectivity index (χ2v) is 4.27. The van der Waals surface area contributed by atoms with Gasteiger partial charge in [0.1, 0.15) is 5.78 Å². The Bertz CT molecular complexity index is 165. The van der Waals surface area contributed by atoms with Gasteiger partial charge in [-0.3, -0.25) is 9.59 Å². The van der Waals surface area contributed by atoms with E-state index in [1.807, 2.05) is 13.8 Å². The lowest BCUT2D eigenvalue weighted by Crippen LogP contribution is -2.18. The molecule has 0 saturated carbocycles. The second-order valence-electron chi connectivity index (χ2n) is 2.71. The first kappa shape index (κ1) is 10.7. The molecule has 0 amide bonds. The molecule has 0 aromatic rings. The molecule has 2 unspecified atom stereocenters. The Hall–Kier alpha value is -0.310. The van der Waals surface area contributed by atoms with Crippen LogP contribution in [0.3, 0.4) is 0 Å². The lowest BCUT2D eigenvalue weighted by molar-refractivity contribution is -0.120. The van der Waals surface area contributed by atoms with Gasteiger partial charge in [-0.05, 0) is 6.92 Å². The topological polar surface area (TPSA) is 34.1 Å². The molecule has 0 aliphatic rings. The monoisotopic (exact) mass is 174 g/mol. The Labute approximate surface area is 71.7 Å². The fourth-order valence-electron chi connectivity index (χ4n) is 0.694. The molecule has 0 radical (unpaired) electrons. The van der Waals surface area contributed by atoms with Crippen LogP contribution in [0.2, 0.25) is 0 Å². The van der Waals surface area contributed by atoms with Crippen LogP contribution in [0.1, 0.15) is 27.7 Å². The number of Topliss-reactive ketones (excluding diaryl/α,β-unsaturated/α-hetero) is 1. The van der Waals surface area contributed by atoms with Crippen molar-refractivity contribution in [1.82, 2.24) is 0 Å². The van der Waals surface area contributed by atoms with E-state index in [4.69, 9.17) is 0 Å². The van der Waals surface area contributed by atoms with Crippen molar-refractivity contribution < 1.29 is 9.59 Å². The smallest absolute Gasteiger partial charge is 0.186 e. The van der Waals surface area contributed by atoms with Crippen LogP contribution in [-0.4, -0.2) is 16.1 Å². The van der Waals surface area contributed by atoms with Crippen LogP contribution in [0.5, 0.6) is 0 Å². The number of ketones is 1. The van der Waals surface area contributed by atoms with E-state index in [-0.39, 0.29) is 22.1 Å². The lowest BCUT2D eigenvalue weighted by atomic mass is 10.1. The van der Waals surface area contributed by atoms with Crippen LogP contribution in [0.25, 0.3) is 0 Å². The summed E-state index contributed by atoms with van der Waals surface area (Å²) in [7, 11) is 0. The molecule has 0 heterocycles. The molecule has 3 heteroatoms. The van der Waals surface area contributed by atoms with E-state index < -0.39 is 0 Å². The third-order valence-corrected chi connectivity index (χ3v) is 2.81. The summed E-state index contributed by atoms with van der Waals surface area (Å²) in [6, 6.07) is 0. The van der Waals surface area contributed by atoms with Crippen LogP contribution < -0.4 is 0 Å². The van der Waals surface area contributed by atoms with Gasteiger partial charge in [0.25, 0.3) is 0 Å². The molecular formula is C8H14O2S. The van der Waals surface area contributed by atoms with Crippen LogP contribution in [-0.2, 0) is 9.59 Å². The van der Waals surface area contributed by atoms with Crippen molar-refractivity contribution in [3.63, 3.8) is 0 Å². The predicted octanol–water partition coefficient (Wildman–Crippen LogP) is 1.88. The minimum Gasteiger partial charge on any atom is -0.300 e. The van der Waals surface area contributed by atoms with Crippen molar-refractivity contribution in [2.75, 3.05) is 0 Å². The van der Waals surface area contributed by atoms with Crippen LogP contribution in [0, 0.1) is 5.92 Å². The van der Waals surface area contributed by atoms with Gasteiger partial charge >= 0.3 is 0 Å². The molecule has 0 fully saturated rings. The number of thioether (sulfide) groups is 1. The average molecular weight is 174 g/mol.